The van der Waals surface area contributed by atoms with Gasteiger partial charge in [-0.25, -0.2) is 0 Å². The molecule has 0 radical (unpaired) electrons. The van der Waals surface area contributed by atoms with Crippen molar-refractivity contribution in [3.8, 4) is 0 Å². The molecule has 0 aliphatic heterocycles. The Labute approximate surface area is 95.8 Å². The highest BCUT2D eigenvalue weighted by atomic mass is 14.7. The number of allylic oxidation sites excluding steroid dienone is 3. The Balaban J connectivity index is 2.59. The van der Waals surface area contributed by atoms with Gasteiger partial charge < -0.3 is 0 Å². The lowest BCUT2D eigenvalue weighted by Crippen LogP contribution is -2.26. The SMILES string of the molecule is C=N/C(=c1/ccccc1=C)C1C=CC=CC1. The Morgan fingerprint density at radius 2 is 2.06 bits per heavy atom. The summed E-state index contributed by atoms with van der Waals surface area (Å²) in [6.07, 6.45) is 9.43. The maximum Gasteiger partial charge on any atom is 0.0546 e. The second-order valence-electron chi connectivity index (χ2n) is 3.86. The molecule has 1 aliphatic rings. The molecule has 1 aromatic rings. The molecular weight excluding hydrogens is 194 g/mol. The molecule has 1 nitrogen and oxygen atoms in total. The van der Waals surface area contributed by atoms with Gasteiger partial charge >= 0.3 is 0 Å². The van der Waals surface area contributed by atoms with E-state index in [-0.39, 0.29) is 0 Å². The van der Waals surface area contributed by atoms with Crippen LogP contribution in [-0.4, -0.2) is 6.72 Å². The van der Waals surface area contributed by atoms with Crippen LogP contribution in [0.2, 0.25) is 0 Å². The first-order chi connectivity index (χ1) is 7.83. The molecule has 0 amide bonds. The normalized spacial score (nSPS) is 20.6. The van der Waals surface area contributed by atoms with Crippen molar-refractivity contribution in [2.45, 2.75) is 6.42 Å². The lowest BCUT2D eigenvalue weighted by molar-refractivity contribution is 0.825. The smallest absolute Gasteiger partial charge is 0.0546 e. The molecule has 0 N–H and O–H groups in total. The monoisotopic (exact) mass is 209 g/mol. The predicted molar refractivity (Wildman–Crippen MR) is 70.6 cm³/mol. The topological polar surface area (TPSA) is 12.4 Å². The molecule has 1 aromatic carbocycles. The summed E-state index contributed by atoms with van der Waals surface area (Å²) < 4.78 is 0. The van der Waals surface area contributed by atoms with E-state index in [1.165, 1.54) is 0 Å². The van der Waals surface area contributed by atoms with Crippen LogP contribution in [0.15, 0.2) is 53.6 Å². The Morgan fingerprint density at radius 3 is 2.69 bits per heavy atom. The molecule has 1 atom stereocenters. The van der Waals surface area contributed by atoms with E-state index in [2.05, 4.69) is 48.7 Å². The van der Waals surface area contributed by atoms with Gasteiger partial charge in [0, 0.05) is 11.1 Å². The molecule has 0 fully saturated rings. The van der Waals surface area contributed by atoms with Gasteiger partial charge in [0.05, 0.1) is 5.70 Å². The van der Waals surface area contributed by atoms with Gasteiger partial charge in [-0.15, -0.1) is 0 Å². The van der Waals surface area contributed by atoms with Crippen molar-refractivity contribution in [1.29, 1.82) is 0 Å². The average molecular weight is 209 g/mol. The third-order valence-electron chi connectivity index (χ3n) is 2.80. The minimum Gasteiger partial charge on any atom is -0.268 e. The number of nitrogens with zero attached hydrogens (tertiary/aromatic N) is 1. The van der Waals surface area contributed by atoms with E-state index in [1.54, 1.807) is 0 Å². The lowest BCUT2D eigenvalue weighted by Gasteiger charge is -2.13. The fourth-order valence-corrected chi connectivity index (χ4v) is 1.96. The molecule has 16 heavy (non-hydrogen) atoms. The predicted octanol–water partition coefficient (Wildman–Crippen LogP) is 2.04. The van der Waals surface area contributed by atoms with Crippen molar-refractivity contribution in [2.24, 2.45) is 10.9 Å². The van der Waals surface area contributed by atoms with Gasteiger partial charge in [-0.1, -0.05) is 55.1 Å². The standard InChI is InChI=1S/C15H15N/c1-12-8-6-7-11-14(12)15(16-2)13-9-4-3-5-10-13/h3-9,11,13H,1-2,10H2/b15-14-. The third kappa shape index (κ3) is 2.03. The molecule has 0 aromatic heterocycles. The van der Waals surface area contributed by atoms with E-state index in [4.69, 9.17) is 0 Å². The molecule has 2 rings (SSSR count). The van der Waals surface area contributed by atoms with Gasteiger partial charge in [0.25, 0.3) is 0 Å². The Kier molecular flexibility index (Phi) is 3.16. The van der Waals surface area contributed by atoms with Gasteiger partial charge in [-0.3, -0.25) is 4.99 Å². The molecule has 1 aliphatic carbocycles. The van der Waals surface area contributed by atoms with Gasteiger partial charge in [0.2, 0.25) is 0 Å². The van der Waals surface area contributed by atoms with Crippen molar-refractivity contribution in [3.05, 3.63) is 59.0 Å². The zero-order valence-corrected chi connectivity index (χ0v) is 9.26. The van der Waals surface area contributed by atoms with Crippen LogP contribution in [0.25, 0.3) is 12.3 Å². The summed E-state index contributed by atoms with van der Waals surface area (Å²) in [5.41, 5.74) is 1.02. The van der Waals surface area contributed by atoms with Crippen LogP contribution >= 0.6 is 0 Å². The molecule has 1 heteroatoms. The average Bonchev–Trinajstić information content (AvgIpc) is 2.34. The summed E-state index contributed by atoms with van der Waals surface area (Å²) in [7, 11) is 0. The summed E-state index contributed by atoms with van der Waals surface area (Å²) in [4.78, 5) is 4.18. The summed E-state index contributed by atoms with van der Waals surface area (Å²) in [6.45, 7) is 7.71. The van der Waals surface area contributed by atoms with Gasteiger partial charge in [0.1, 0.15) is 0 Å². The molecule has 0 saturated heterocycles. The van der Waals surface area contributed by atoms with E-state index in [1.807, 2.05) is 18.2 Å². The van der Waals surface area contributed by atoms with Crippen LogP contribution in [0.1, 0.15) is 6.42 Å². The Hall–Kier alpha value is -1.89. The van der Waals surface area contributed by atoms with Crippen LogP contribution in [0.5, 0.6) is 0 Å². The van der Waals surface area contributed by atoms with Crippen molar-refractivity contribution in [2.75, 3.05) is 0 Å². The first-order valence-corrected chi connectivity index (χ1v) is 5.41. The van der Waals surface area contributed by atoms with Crippen LogP contribution < -0.4 is 10.4 Å². The van der Waals surface area contributed by atoms with Gasteiger partial charge in [0.15, 0.2) is 0 Å². The summed E-state index contributed by atoms with van der Waals surface area (Å²) in [5.74, 6) is 0.324. The minimum absolute atomic E-state index is 0.324. The molecule has 0 spiro atoms. The van der Waals surface area contributed by atoms with E-state index >= 15 is 0 Å². The van der Waals surface area contributed by atoms with Crippen molar-refractivity contribution >= 4 is 19.0 Å². The highest BCUT2D eigenvalue weighted by molar-refractivity contribution is 5.56. The van der Waals surface area contributed by atoms with Crippen LogP contribution in [0.4, 0.5) is 0 Å². The highest BCUT2D eigenvalue weighted by Crippen LogP contribution is 2.21. The van der Waals surface area contributed by atoms with Crippen LogP contribution in [-0.2, 0) is 0 Å². The minimum atomic E-state index is 0.324. The van der Waals surface area contributed by atoms with Gasteiger partial charge in [-0.2, -0.15) is 0 Å². The molecule has 80 valence electrons. The molecular formula is C15H15N. The lowest BCUT2D eigenvalue weighted by atomic mass is 9.95. The molecule has 0 bridgehead atoms. The van der Waals surface area contributed by atoms with E-state index < -0.39 is 0 Å². The Bertz CT molecular complexity index is 549. The van der Waals surface area contributed by atoms with Gasteiger partial charge in [-0.05, 0) is 18.4 Å². The van der Waals surface area contributed by atoms with E-state index in [0.717, 1.165) is 22.6 Å². The molecule has 0 heterocycles. The fraction of sp³-hybridized carbons (Fsp3) is 0.133. The Morgan fingerprint density at radius 1 is 1.25 bits per heavy atom. The number of hydrogen-bond acceptors (Lipinski definition) is 1. The zero-order valence-electron chi connectivity index (χ0n) is 9.26. The third-order valence-corrected chi connectivity index (χ3v) is 2.80. The fourth-order valence-electron chi connectivity index (χ4n) is 1.96. The number of rotatable bonds is 2. The summed E-state index contributed by atoms with van der Waals surface area (Å²) in [6, 6.07) is 8.06. The van der Waals surface area contributed by atoms with Crippen molar-refractivity contribution in [1.82, 2.24) is 0 Å². The number of aliphatic imine (C=N–C) groups is 1. The molecule has 0 saturated carbocycles. The maximum absolute atomic E-state index is 4.18. The zero-order chi connectivity index (χ0) is 11.4. The van der Waals surface area contributed by atoms with Crippen LogP contribution in [0.3, 0.4) is 0 Å². The first-order valence-electron chi connectivity index (χ1n) is 5.41. The largest absolute Gasteiger partial charge is 0.268 e. The van der Waals surface area contributed by atoms with Crippen LogP contribution in [0, 0.1) is 5.92 Å². The molecule has 1 unspecified atom stereocenters. The first kappa shape index (κ1) is 10.6. The van der Waals surface area contributed by atoms with Crippen molar-refractivity contribution < 1.29 is 0 Å². The highest BCUT2D eigenvalue weighted by Gasteiger charge is 2.10. The quantitative estimate of drug-likeness (QED) is 0.661. The summed E-state index contributed by atoms with van der Waals surface area (Å²) in [5, 5.41) is 2.11. The van der Waals surface area contributed by atoms with Crippen molar-refractivity contribution in [3.63, 3.8) is 0 Å². The number of benzene rings is 1. The second kappa shape index (κ2) is 4.75. The second-order valence-corrected chi connectivity index (χ2v) is 3.86. The number of hydrogen-bond donors (Lipinski definition) is 0. The maximum atomic E-state index is 4.18. The van der Waals surface area contributed by atoms with E-state index in [9.17, 15) is 0 Å². The summed E-state index contributed by atoms with van der Waals surface area (Å²) >= 11 is 0. The van der Waals surface area contributed by atoms with E-state index in [0.29, 0.717) is 5.92 Å².